The van der Waals surface area contributed by atoms with Crippen LogP contribution in [0.5, 0.6) is 5.75 Å². The van der Waals surface area contributed by atoms with Gasteiger partial charge in [0, 0.05) is 17.5 Å². The van der Waals surface area contributed by atoms with Crippen molar-refractivity contribution in [3.63, 3.8) is 0 Å². The smallest absolute Gasteiger partial charge is 0.254 e. The Morgan fingerprint density at radius 3 is 2.78 bits per heavy atom. The minimum atomic E-state index is -0.348. The van der Waals surface area contributed by atoms with E-state index < -0.39 is 0 Å². The lowest BCUT2D eigenvalue weighted by atomic mass is 9.75. The number of amides is 1. The highest BCUT2D eigenvalue weighted by Crippen LogP contribution is 2.38. The number of hydrogen-bond acceptors (Lipinski definition) is 6. The second-order valence-corrected chi connectivity index (χ2v) is 6.98. The molecule has 0 radical (unpaired) electrons. The molecule has 0 bridgehead atoms. The number of nitrogens with zero attached hydrogens (tertiary/aromatic N) is 2. The molecule has 2 aromatic rings. The van der Waals surface area contributed by atoms with Crippen molar-refractivity contribution in [2.75, 3.05) is 7.11 Å². The Morgan fingerprint density at radius 2 is 2.15 bits per heavy atom. The van der Waals surface area contributed by atoms with Gasteiger partial charge in [-0.2, -0.15) is 0 Å². The topological polar surface area (TPSA) is 117 Å². The lowest BCUT2D eigenvalue weighted by molar-refractivity contribution is -0.122. The molecule has 2 heterocycles. The molecular weight excluding hydrogens is 348 g/mol. The van der Waals surface area contributed by atoms with Gasteiger partial charge in [-0.1, -0.05) is 0 Å². The number of pyridine rings is 1. The van der Waals surface area contributed by atoms with Crippen LogP contribution in [-0.2, 0) is 11.2 Å². The summed E-state index contributed by atoms with van der Waals surface area (Å²) in [5, 5.41) is 12.7. The number of methoxy groups -OCH3 is 1. The number of rotatable bonds is 6. The number of aromatic nitrogens is 3. The van der Waals surface area contributed by atoms with E-state index >= 15 is 0 Å². The van der Waals surface area contributed by atoms with Gasteiger partial charge in [0.25, 0.3) is 5.56 Å². The van der Waals surface area contributed by atoms with E-state index in [0.29, 0.717) is 35.7 Å². The molecule has 1 atom stereocenters. The van der Waals surface area contributed by atoms with Crippen LogP contribution in [0.4, 0.5) is 0 Å². The van der Waals surface area contributed by atoms with Gasteiger partial charge in [-0.25, -0.2) is 4.98 Å². The maximum absolute atomic E-state index is 12.7. The number of aromatic amines is 1. The Balaban J connectivity index is 1.80. The van der Waals surface area contributed by atoms with Crippen LogP contribution in [0, 0.1) is 19.8 Å². The van der Waals surface area contributed by atoms with Gasteiger partial charge in [0.15, 0.2) is 0 Å². The highest BCUT2D eigenvalue weighted by Gasteiger charge is 2.36. The Hall–Kier alpha value is -2.74. The van der Waals surface area contributed by atoms with Crippen molar-refractivity contribution in [3.05, 3.63) is 51.5 Å². The first-order valence-electron chi connectivity index (χ1n) is 8.90. The molecule has 27 heavy (non-hydrogen) atoms. The van der Waals surface area contributed by atoms with E-state index in [0.717, 1.165) is 5.56 Å². The first kappa shape index (κ1) is 19.0. The van der Waals surface area contributed by atoms with Gasteiger partial charge in [0.05, 0.1) is 31.9 Å². The molecule has 3 N–H and O–H groups in total. The second-order valence-electron chi connectivity index (χ2n) is 6.98. The third-order valence-corrected chi connectivity index (χ3v) is 4.94. The summed E-state index contributed by atoms with van der Waals surface area (Å²) < 4.78 is 5.22. The molecular formula is C19H24N4O4. The highest BCUT2D eigenvalue weighted by molar-refractivity contribution is 5.79. The molecule has 0 spiro atoms. The lowest BCUT2D eigenvalue weighted by Crippen LogP contribution is -2.42. The van der Waals surface area contributed by atoms with Gasteiger partial charge >= 0.3 is 0 Å². The second kappa shape index (κ2) is 7.87. The summed E-state index contributed by atoms with van der Waals surface area (Å²) in [5.41, 5.74) is 1.42. The van der Waals surface area contributed by atoms with Crippen molar-refractivity contribution in [3.8, 4) is 5.75 Å². The molecule has 3 rings (SSSR count). The molecule has 1 saturated carbocycles. The molecule has 0 aromatic carbocycles. The average molecular weight is 372 g/mol. The quantitative estimate of drug-likeness (QED) is 0.695. The molecule has 144 valence electrons. The number of aliphatic hydroxyl groups excluding tert-OH is 1. The third-order valence-electron chi connectivity index (χ3n) is 4.94. The Bertz CT molecular complexity index is 890. The number of nitrogens with one attached hydrogen (secondary N) is 2. The van der Waals surface area contributed by atoms with Crippen molar-refractivity contribution in [1.82, 2.24) is 20.3 Å². The van der Waals surface area contributed by atoms with Crippen molar-refractivity contribution in [2.24, 2.45) is 5.92 Å². The predicted molar refractivity (Wildman–Crippen MR) is 98.4 cm³/mol. The van der Waals surface area contributed by atoms with Crippen molar-refractivity contribution < 1.29 is 14.6 Å². The molecule has 0 saturated heterocycles. The molecule has 0 aliphatic heterocycles. The Labute approximate surface area is 157 Å². The zero-order valence-corrected chi connectivity index (χ0v) is 15.7. The Kier molecular flexibility index (Phi) is 5.55. The summed E-state index contributed by atoms with van der Waals surface area (Å²) in [6, 6.07) is 1.52. The summed E-state index contributed by atoms with van der Waals surface area (Å²) in [6.07, 6.45) is 4.08. The number of hydrogen-bond donors (Lipinski definition) is 3. The van der Waals surface area contributed by atoms with Crippen LogP contribution in [0.1, 0.15) is 41.5 Å². The van der Waals surface area contributed by atoms with Crippen LogP contribution in [0.2, 0.25) is 0 Å². The summed E-state index contributed by atoms with van der Waals surface area (Å²) in [4.78, 5) is 35.8. The maximum atomic E-state index is 12.7. The minimum absolute atomic E-state index is 0.0579. The first-order valence-corrected chi connectivity index (χ1v) is 8.90. The molecule has 1 aliphatic rings. The summed E-state index contributed by atoms with van der Waals surface area (Å²) in [5.74, 6) is 0.948. The average Bonchev–Trinajstić information content (AvgIpc) is 2.60. The number of aryl methyl sites for hydroxylation is 2. The molecule has 8 nitrogen and oxygen atoms in total. The summed E-state index contributed by atoms with van der Waals surface area (Å²) >= 11 is 0. The molecule has 2 aromatic heterocycles. The van der Waals surface area contributed by atoms with Crippen LogP contribution in [-0.4, -0.2) is 39.2 Å². The zero-order chi connectivity index (χ0) is 19.6. The fourth-order valence-corrected chi connectivity index (χ4v) is 3.44. The fraction of sp³-hybridized carbons (Fsp3) is 0.474. The fourth-order valence-electron chi connectivity index (χ4n) is 3.44. The molecule has 1 amide bonds. The molecule has 1 fully saturated rings. The molecule has 8 heteroatoms. The number of carbonyl (C=O) groups excluding carboxylic acids is 1. The first-order chi connectivity index (χ1) is 12.9. The van der Waals surface area contributed by atoms with Gasteiger partial charge in [0.1, 0.15) is 11.6 Å². The standard InChI is InChI=1S/C19H24N4O4/c1-10-16(19(26)22-11(2)21-10)7-17(25)23-18(12-4-14(24)5-12)13-6-15(27-3)9-20-8-13/h6,8-9,12,14,18,24H,4-5,7H2,1-3H3,(H,23,25)(H,21,22,26). The predicted octanol–water partition coefficient (Wildman–Crippen LogP) is 0.961. The summed E-state index contributed by atoms with van der Waals surface area (Å²) in [6.45, 7) is 3.42. The number of carbonyl (C=O) groups is 1. The lowest BCUT2D eigenvalue weighted by Gasteiger charge is -2.38. The van der Waals surface area contributed by atoms with E-state index in [-0.39, 0.29) is 36.0 Å². The minimum Gasteiger partial charge on any atom is -0.495 e. The number of ether oxygens (including phenoxy) is 1. The van der Waals surface area contributed by atoms with Gasteiger partial charge in [-0.05, 0) is 44.2 Å². The van der Waals surface area contributed by atoms with Crippen LogP contribution in [0.3, 0.4) is 0 Å². The van der Waals surface area contributed by atoms with Gasteiger partial charge < -0.3 is 20.1 Å². The number of H-pyrrole nitrogens is 1. The van der Waals surface area contributed by atoms with E-state index in [9.17, 15) is 14.7 Å². The van der Waals surface area contributed by atoms with E-state index in [1.54, 1.807) is 33.4 Å². The monoisotopic (exact) mass is 372 g/mol. The van der Waals surface area contributed by atoms with Crippen LogP contribution < -0.4 is 15.6 Å². The normalized spacial score (nSPS) is 19.9. The largest absolute Gasteiger partial charge is 0.495 e. The van der Waals surface area contributed by atoms with E-state index in [2.05, 4.69) is 20.3 Å². The maximum Gasteiger partial charge on any atom is 0.254 e. The van der Waals surface area contributed by atoms with Crippen LogP contribution in [0.15, 0.2) is 23.3 Å². The van der Waals surface area contributed by atoms with Crippen LogP contribution >= 0.6 is 0 Å². The van der Waals surface area contributed by atoms with Crippen LogP contribution in [0.25, 0.3) is 0 Å². The number of aliphatic hydroxyl groups is 1. The van der Waals surface area contributed by atoms with Crippen molar-refractivity contribution >= 4 is 5.91 Å². The van der Waals surface area contributed by atoms with Crippen molar-refractivity contribution in [2.45, 2.75) is 45.3 Å². The van der Waals surface area contributed by atoms with E-state index in [1.165, 1.54) is 0 Å². The zero-order valence-electron chi connectivity index (χ0n) is 15.7. The van der Waals surface area contributed by atoms with Crippen molar-refractivity contribution in [1.29, 1.82) is 0 Å². The molecule has 1 unspecified atom stereocenters. The van der Waals surface area contributed by atoms with Gasteiger partial charge in [0.2, 0.25) is 5.91 Å². The Morgan fingerprint density at radius 1 is 1.41 bits per heavy atom. The van der Waals surface area contributed by atoms with Gasteiger partial charge in [-0.15, -0.1) is 0 Å². The summed E-state index contributed by atoms with van der Waals surface area (Å²) in [7, 11) is 1.56. The van der Waals surface area contributed by atoms with Gasteiger partial charge in [-0.3, -0.25) is 14.6 Å². The SMILES string of the molecule is COc1cncc(C(NC(=O)Cc2c(C)nc(C)[nH]c2=O)C2CC(O)C2)c1. The highest BCUT2D eigenvalue weighted by atomic mass is 16.5. The third kappa shape index (κ3) is 4.33. The van der Waals surface area contributed by atoms with E-state index in [4.69, 9.17) is 4.74 Å². The van der Waals surface area contributed by atoms with E-state index in [1.807, 2.05) is 6.07 Å². The molecule has 1 aliphatic carbocycles.